The van der Waals surface area contributed by atoms with Crippen molar-refractivity contribution in [3.63, 3.8) is 0 Å². The first-order valence-corrected chi connectivity index (χ1v) is 7.85. The highest BCUT2D eigenvalue weighted by molar-refractivity contribution is 8.00. The average molecular weight is 280 g/mol. The van der Waals surface area contributed by atoms with Gasteiger partial charge in [0.05, 0.1) is 0 Å². The second kappa shape index (κ2) is 5.19. The summed E-state index contributed by atoms with van der Waals surface area (Å²) in [5.74, 6) is 3.61. The van der Waals surface area contributed by atoms with Crippen LogP contribution in [0.4, 0.5) is 11.6 Å². The van der Waals surface area contributed by atoms with Gasteiger partial charge in [0, 0.05) is 35.1 Å². The van der Waals surface area contributed by atoms with Crippen molar-refractivity contribution in [2.45, 2.75) is 45.3 Å². The second-order valence-corrected chi connectivity index (χ2v) is 7.80. The summed E-state index contributed by atoms with van der Waals surface area (Å²) in [6.07, 6.45) is 0. The first kappa shape index (κ1) is 14.4. The van der Waals surface area contributed by atoms with Gasteiger partial charge in [-0.25, -0.2) is 9.97 Å². The molecule has 1 fully saturated rings. The molecule has 0 radical (unpaired) electrons. The SMILES string of the molecule is Cc1c(N)nc(C(C)(C)C)nc1N1CCSC(C)C1. The number of nitrogens with two attached hydrogens (primary N) is 1. The number of nitrogens with zero attached hydrogens (tertiary/aromatic N) is 3. The number of anilines is 2. The van der Waals surface area contributed by atoms with Crippen LogP contribution in [-0.2, 0) is 5.41 Å². The zero-order chi connectivity index (χ0) is 14.2. The minimum absolute atomic E-state index is 0.0767. The van der Waals surface area contributed by atoms with Gasteiger partial charge < -0.3 is 10.6 Å². The standard InChI is InChI=1S/C14H24N4S/c1-9-8-18(6-7-19-9)12-10(2)11(15)16-13(17-12)14(3,4)5/h9H,6-8H2,1-5H3,(H2,15,16,17). The molecule has 0 amide bonds. The molecule has 1 aliphatic rings. The van der Waals surface area contributed by atoms with Gasteiger partial charge in [-0.05, 0) is 6.92 Å². The van der Waals surface area contributed by atoms with Gasteiger partial charge in [-0.1, -0.05) is 27.7 Å². The van der Waals surface area contributed by atoms with E-state index in [1.165, 1.54) is 0 Å². The first-order chi connectivity index (χ1) is 8.79. The fourth-order valence-electron chi connectivity index (χ4n) is 2.18. The van der Waals surface area contributed by atoms with Gasteiger partial charge in [-0.2, -0.15) is 11.8 Å². The van der Waals surface area contributed by atoms with Gasteiger partial charge in [-0.3, -0.25) is 0 Å². The monoisotopic (exact) mass is 280 g/mol. The fourth-order valence-corrected chi connectivity index (χ4v) is 3.19. The quantitative estimate of drug-likeness (QED) is 0.857. The van der Waals surface area contributed by atoms with Crippen LogP contribution in [-0.4, -0.2) is 34.1 Å². The summed E-state index contributed by atoms with van der Waals surface area (Å²) in [7, 11) is 0. The summed E-state index contributed by atoms with van der Waals surface area (Å²) in [6, 6.07) is 0. The summed E-state index contributed by atoms with van der Waals surface area (Å²) >= 11 is 2.02. The molecule has 2 heterocycles. The lowest BCUT2D eigenvalue weighted by molar-refractivity contribution is 0.544. The zero-order valence-electron chi connectivity index (χ0n) is 12.5. The van der Waals surface area contributed by atoms with Crippen molar-refractivity contribution >= 4 is 23.4 Å². The Labute approximate surface area is 120 Å². The van der Waals surface area contributed by atoms with Crippen LogP contribution in [0, 0.1) is 6.92 Å². The minimum atomic E-state index is -0.0767. The molecule has 5 heteroatoms. The maximum Gasteiger partial charge on any atom is 0.138 e. The van der Waals surface area contributed by atoms with E-state index in [9.17, 15) is 0 Å². The molecule has 2 N–H and O–H groups in total. The Balaban J connectivity index is 2.41. The van der Waals surface area contributed by atoms with E-state index >= 15 is 0 Å². The highest BCUT2D eigenvalue weighted by Crippen LogP contribution is 2.29. The third-order valence-electron chi connectivity index (χ3n) is 3.37. The van der Waals surface area contributed by atoms with Crippen LogP contribution >= 0.6 is 11.8 Å². The van der Waals surface area contributed by atoms with E-state index in [4.69, 9.17) is 10.7 Å². The van der Waals surface area contributed by atoms with E-state index in [2.05, 4.69) is 37.6 Å². The molecule has 0 saturated carbocycles. The van der Waals surface area contributed by atoms with E-state index in [-0.39, 0.29) is 5.41 Å². The van der Waals surface area contributed by atoms with Crippen molar-refractivity contribution in [3.8, 4) is 0 Å². The van der Waals surface area contributed by atoms with Crippen LogP contribution in [0.15, 0.2) is 0 Å². The lowest BCUT2D eigenvalue weighted by atomic mass is 9.95. The molecule has 106 valence electrons. The molecule has 1 aliphatic heterocycles. The molecule has 19 heavy (non-hydrogen) atoms. The van der Waals surface area contributed by atoms with Crippen molar-refractivity contribution in [1.29, 1.82) is 0 Å². The first-order valence-electron chi connectivity index (χ1n) is 6.80. The maximum atomic E-state index is 6.08. The summed E-state index contributed by atoms with van der Waals surface area (Å²) in [5.41, 5.74) is 7.01. The molecule has 1 saturated heterocycles. The third kappa shape index (κ3) is 3.14. The molecular weight excluding hydrogens is 256 g/mol. The van der Waals surface area contributed by atoms with E-state index < -0.39 is 0 Å². The van der Waals surface area contributed by atoms with Crippen molar-refractivity contribution in [2.75, 3.05) is 29.5 Å². The maximum absolute atomic E-state index is 6.08. The van der Waals surface area contributed by atoms with Crippen molar-refractivity contribution in [2.24, 2.45) is 0 Å². The number of hydrogen-bond acceptors (Lipinski definition) is 5. The smallest absolute Gasteiger partial charge is 0.138 e. The molecule has 0 aliphatic carbocycles. The van der Waals surface area contributed by atoms with Crippen LogP contribution in [0.25, 0.3) is 0 Å². The predicted molar refractivity (Wildman–Crippen MR) is 84.0 cm³/mol. The zero-order valence-corrected chi connectivity index (χ0v) is 13.3. The van der Waals surface area contributed by atoms with Crippen LogP contribution in [0.2, 0.25) is 0 Å². The Morgan fingerprint density at radius 2 is 2.00 bits per heavy atom. The minimum Gasteiger partial charge on any atom is -0.383 e. The average Bonchev–Trinajstić information content (AvgIpc) is 2.31. The summed E-state index contributed by atoms with van der Waals surface area (Å²) < 4.78 is 0. The molecule has 4 nitrogen and oxygen atoms in total. The molecule has 1 unspecified atom stereocenters. The molecule has 2 rings (SSSR count). The Kier molecular flexibility index (Phi) is 3.95. The number of nitrogen functional groups attached to an aromatic ring is 1. The second-order valence-electron chi connectivity index (χ2n) is 6.26. The molecule has 1 aromatic heterocycles. The summed E-state index contributed by atoms with van der Waals surface area (Å²) in [6.45, 7) is 12.7. The third-order valence-corrected chi connectivity index (χ3v) is 4.51. The number of thioether (sulfide) groups is 1. The summed E-state index contributed by atoms with van der Waals surface area (Å²) in [4.78, 5) is 11.6. The van der Waals surface area contributed by atoms with Crippen LogP contribution < -0.4 is 10.6 Å². The fraction of sp³-hybridized carbons (Fsp3) is 0.714. The Hall–Kier alpha value is -0.970. The van der Waals surface area contributed by atoms with Gasteiger partial charge in [0.15, 0.2) is 0 Å². The highest BCUT2D eigenvalue weighted by atomic mass is 32.2. The Morgan fingerprint density at radius 3 is 2.58 bits per heavy atom. The number of aromatic nitrogens is 2. The van der Waals surface area contributed by atoms with E-state index in [0.29, 0.717) is 11.1 Å². The molecule has 0 aromatic carbocycles. The van der Waals surface area contributed by atoms with Crippen molar-refractivity contribution in [3.05, 3.63) is 11.4 Å². The predicted octanol–water partition coefficient (Wildman–Crippen LogP) is 2.61. The molecule has 0 spiro atoms. The molecule has 0 bridgehead atoms. The molecule has 1 atom stereocenters. The van der Waals surface area contributed by atoms with E-state index in [1.54, 1.807) is 0 Å². The van der Waals surface area contributed by atoms with Gasteiger partial charge in [-0.15, -0.1) is 0 Å². The number of hydrogen-bond donors (Lipinski definition) is 1. The van der Waals surface area contributed by atoms with Gasteiger partial charge in [0.25, 0.3) is 0 Å². The Morgan fingerprint density at radius 1 is 1.32 bits per heavy atom. The highest BCUT2D eigenvalue weighted by Gasteiger charge is 2.25. The van der Waals surface area contributed by atoms with Gasteiger partial charge in [0.2, 0.25) is 0 Å². The largest absolute Gasteiger partial charge is 0.383 e. The lowest BCUT2D eigenvalue weighted by Gasteiger charge is -2.33. The van der Waals surface area contributed by atoms with E-state index in [1.807, 2.05) is 18.7 Å². The van der Waals surface area contributed by atoms with Crippen LogP contribution in [0.3, 0.4) is 0 Å². The van der Waals surface area contributed by atoms with Gasteiger partial charge >= 0.3 is 0 Å². The van der Waals surface area contributed by atoms with E-state index in [0.717, 1.165) is 36.0 Å². The topological polar surface area (TPSA) is 55.0 Å². The molecular formula is C14H24N4S. The normalized spacial score (nSPS) is 20.7. The lowest BCUT2D eigenvalue weighted by Crippen LogP contribution is -2.38. The van der Waals surface area contributed by atoms with Crippen molar-refractivity contribution < 1.29 is 0 Å². The van der Waals surface area contributed by atoms with Crippen molar-refractivity contribution in [1.82, 2.24) is 9.97 Å². The number of rotatable bonds is 1. The van der Waals surface area contributed by atoms with Crippen LogP contribution in [0.1, 0.15) is 39.1 Å². The van der Waals surface area contributed by atoms with Crippen LogP contribution in [0.5, 0.6) is 0 Å². The molecule has 1 aromatic rings. The summed E-state index contributed by atoms with van der Waals surface area (Å²) in [5, 5.41) is 0.641. The Bertz CT molecular complexity index is 467. The van der Waals surface area contributed by atoms with Gasteiger partial charge in [0.1, 0.15) is 17.5 Å².